The standard InChI is InChI=1S/C30H55NO6/c1-5-6-7-8-9-10-11-12-13-14-15-16-17-18-19-20-21-22-29(33)37-26-27(32)25-36-24-23-28(30(34)35)31(2,3)4/h9-10,12-13,27-28,32H,5-8,11,14-26H2,1-4H3/b10-9+,13-12+. The van der Waals surface area contributed by atoms with Crippen LogP contribution in [0.2, 0.25) is 0 Å². The Morgan fingerprint density at radius 2 is 1.41 bits per heavy atom. The van der Waals surface area contributed by atoms with E-state index in [9.17, 15) is 19.8 Å². The van der Waals surface area contributed by atoms with E-state index in [1.54, 1.807) is 21.1 Å². The number of aliphatic hydroxyl groups is 1. The number of hydrogen-bond acceptors (Lipinski definition) is 6. The zero-order valence-electron chi connectivity index (χ0n) is 24.1. The molecule has 0 rings (SSSR count). The molecule has 0 heterocycles. The summed E-state index contributed by atoms with van der Waals surface area (Å²) in [6.07, 6.45) is 24.0. The predicted molar refractivity (Wildman–Crippen MR) is 148 cm³/mol. The maximum atomic E-state index is 11.9. The fourth-order valence-corrected chi connectivity index (χ4v) is 3.98. The van der Waals surface area contributed by atoms with E-state index in [0.29, 0.717) is 6.42 Å². The maximum absolute atomic E-state index is 11.9. The molecule has 0 aliphatic heterocycles. The number of aliphatic carboxylic acids is 1. The molecule has 0 aromatic heterocycles. The van der Waals surface area contributed by atoms with Gasteiger partial charge in [0.15, 0.2) is 0 Å². The van der Waals surface area contributed by atoms with Crippen LogP contribution in [0.1, 0.15) is 103 Å². The van der Waals surface area contributed by atoms with E-state index in [1.807, 2.05) is 0 Å². The van der Waals surface area contributed by atoms with Crippen molar-refractivity contribution in [1.82, 2.24) is 0 Å². The molecule has 2 unspecified atom stereocenters. The van der Waals surface area contributed by atoms with Gasteiger partial charge < -0.3 is 29.0 Å². The van der Waals surface area contributed by atoms with Crippen LogP contribution < -0.4 is 5.11 Å². The second-order valence-corrected chi connectivity index (χ2v) is 10.8. The molecule has 0 aliphatic rings. The number of carbonyl (C=O) groups is 2. The number of allylic oxidation sites excluding steroid dienone is 4. The van der Waals surface area contributed by atoms with Crippen molar-refractivity contribution in [1.29, 1.82) is 0 Å². The third kappa shape index (κ3) is 23.2. The Labute approximate surface area is 226 Å². The van der Waals surface area contributed by atoms with E-state index in [1.165, 1.54) is 51.4 Å². The van der Waals surface area contributed by atoms with E-state index >= 15 is 0 Å². The maximum Gasteiger partial charge on any atom is 0.305 e. The van der Waals surface area contributed by atoms with Gasteiger partial charge in [-0.15, -0.1) is 0 Å². The minimum atomic E-state index is -1.12. The summed E-state index contributed by atoms with van der Waals surface area (Å²) in [5.41, 5.74) is 0. The Balaban J connectivity index is 3.56. The van der Waals surface area contributed by atoms with E-state index in [4.69, 9.17) is 9.47 Å². The molecule has 0 spiro atoms. The summed E-state index contributed by atoms with van der Waals surface area (Å²) in [4.78, 5) is 23.1. The van der Waals surface area contributed by atoms with Gasteiger partial charge in [0.1, 0.15) is 18.8 Å². The highest BCUT2D eigenvalue weighted by molar-refractivity contribution is 5.69. The van der Waals surface area contributed by atoms with Gasteiger partial charge in [0, 0.05) is 12.8 Å². The van der Waals surface area contributed by atoms with E-state index in [2.05, 4.69) is 31.2 Å². The highest BCUT2D eigenvalue weighted by Gasteiger charge is 2.24. The number of likely N-dealkylation sites (N-methyl/N-ethyl adjacent to an activating group) is 1. The molecular weight excluding hydrogens is 470 g/mol. The summed E-state index contributed by atoms with van der Waals surface area (Å²) in [5, 5.41) is 21.1. The lowest BCUT2D eigenvalue weighted by Crippen LogP contribution is -2.55. The molecule has 0 saturated heterocycles. The van der Waals surface area contributed by atoms with Gasteiger partial charge in [-0.05, 0) is 38.5 Å². The van der Waals surface area contributed by atoms with Gasteiger partial charge in [-0.2, -0.15) is 0 Å². The first-order valence-corrected chi connectivity index (χ1v) is 14.4. The molecule has 7 heteroatoms. The van der Waals surface area contributed by atoms with Crippen LogP contribution in [-0.2, 0) is 19.1 Å². The second-order valence-electron chi connectivity index (χ2n) is 10.8. The number of aliphatic hydroxyl groups excluding tert-OH is 1. The summed E-state index contributed by atoms with van der Waals surface area (Å²) in [6, 6.07) is -0.686. The first kappa shape index (κ1) is 35.3. The molecule has 2 atom stereocenters. The zero-order chi connectivity index (χ0) is 27.8. The van der Waals surface area contributed by atoms with Crippen molar-refractivity contribution in [3.8, 4) is 0 Å². The number of unbranched alkanes of at least 4 members (excludes halogenated alkanes) is 10. The average molecular weight is 526 g/mol. The summed E-state index contributed by atoms with van der Waals surface area (Å²) < 4.78 is 10.7. The van der Waals surface area contributed by atoms with Crippen molar-refractivity contribution in [2.45, 2.75) is 115 Å². The third-order valence-corrected chi connectivity index (χ3v) is 6.32. The molecule has 1 N–H and O–H groups in total. The van der Waals surface area contributed by atoms with Crippen molar-refractivity contribution in [2.75, 3.05) is 41.0 Å². The molecule has 37 heavy (non-hydrogen) atoms. The van der Waals surface area contributed by atoms with Crippen LogP contribution in [0.15, 0.2) is 24.3 Å². The number of ether oxygens (including phenoxy) is 2. The molecule has 0 radical (unpaired) electrons. The number of carboxylic acids is 1. The number of carboxylic acid groups (broad SMARTS) is 1. The molecule has 0 aliphatic carbocycles. The van der Waals surface area contributed by atoms with Crippen LogP contribution in [0, 0.1) is 0 Å². The Morgan fingerprint density at radius 1 is 0.838 bits per heavy atom. The Hall–Kier alpha value is -1.70. The lowest BCUT2D eigenvalue weighted by atomic mass is 10.1. The molecule has 0 amide bonds. The predicted octanol–water partition coefficient (Wildman–Crippen LogP) is 4.72. The Kier molecular flexibility index (Phi) is 22.3. The fourth-order valence-electron chi connectivity index (χ4n) is 3.98. The normalized spacial score (nSPS) is 13.9. The van der Waals surface area contributed by atoms with E-state index in [0.717, 1.165) is 32.1 Å². The summed E-state index contributed by atoms with van der Waals surface area (Å²) in [5.74, 6) is -1.42. The second kappa shape index (κ2) is 23.4. The van der Waals surface area contributed by atoms with E-state index < -0.39 is 18.1 Å². The average Bonchev–Trinajstić information content (AvgIpc) is 2.83. The first-order chi connectivity index (χ1) is 17.7. The van der Waals surface area contributed by atoms with Crippen molar-refractivity contribution < 1.29 is 33.8 Å². The van der Waals surface area contributed by atoms with Gasteiger partial charge in [-0.25, -0.2) is 0 Å². The number of hydrogen-bond donors (Lipinski definition) is 1. The van der Waals surface area contributed by atoms with Crippen LogP contribution in [0.4, 0.5) is 0 Å². The van der Waals surface area contributed by atoms with Crippen LogP contribution in [0.3, 0.4) is 0 Å². The zero-order valence-corrected chi connectivity index (χ0v) is 24.1. The van der Waals surface area contributed by atoms with Gasteiger partial charge in [-0.1, -0.05) is 76.2 Å². The van der Waals surface area contributed by atoms with Crippen molar-refractivity contribution in [2.24, 2.45) is 0 Å². The first-order valence-electron chi connectivity index (χ1n) is 14.4. The quantitative estimate of drug-likeness (QED) is 0.0802. The summed E-state index contributed by atoms with van der Waals surface area (Å²) in [6.45, 7) is 2.31. The van der Waals surface area contributed by atoms with Crippen molar-refractivity contribution in [3.05, 3.63) is 24.3 Å². The highest BCUT2D eigenvalue weighted by Crippen LogP contribution is 2.11. The molecule has 0 saturated carbocycles. The Bertz CT molecular complexity index is 626. The smallest absolute Gasteiger partial charge is 0.305 e. The van der Waals surface area contributed by atoms with E-state index in [-0.39, 0.29) is 36.7 Å². The number of carbonyl (C=O) groups excluding carboxylic acids is 2. The molecule has 216 valence electrons. The summed E-state index contributed by atoms with van der Waals surface area (Å²) >= 11 is 0. The van der Waals surface area contributed by atoms with Gasteiger partial charge in [0.2, 0.25) is 0 Å². The Morgan fingerprint density at radius 3 is 1.97 bits per heavy atom. The number of nitrogens with zero attached hydrogens (tertiary/aromatic N) is 1. The number of rotatable bonds is 25. The summed E-state index contributed by atoms with van der Waals surface area (Å²) in [7, 11) is 5.35. The van der Waals surface area contributed by atoms with Crippen LogP contribution in [0.5, 0.6) is 0 Å². The van der Waals surface area contributed by atoms with Crippen LogP contribution >= 0.6 is 0 Å². The monoisotopic (exact) mass is 525 g/mol. The minimum Gasteiger partial charge on any atom is -0.544 e. The number of esters is 1. The molecule has 0 bridgehead atoms. The van der Waals surface area contributed by atoms with Crippen LogP contribution in [0.25, 0.3) is 0 Å². The largest absolute Gasteiger partial charge is 0.544 e. The van der Waals surface area contributed by atoms with Crippen molar-refractivity contribution >= 4 is 11.9 Å². The molecule has 0 aromatic carbocycles. The topological polar surface area (TPSA) is 95.9 Å². The van der Waals surface area contributed by atoms with Crippen LogP contribution in [-0.4, -0.2) is 74.6 Å². The molecule has 0 fully saturated rings. The van der Waals surface area contributed by atoms with Gasteiger partial charge in [-0.3, -0.25) is 4.79 Å². The third-order valence-electron chi connectivity index (χ3n) is 6.32. The lowest BCUT2D eigenvalue weighted by molar-refractivity contribution is -0.889. The van der Waals surface area contributed by atoms with Gasteiger partial charge in [0.25, 0.3) is 0 Å². The fraction of sp³-hybridized carbons (Fsp3) is 0.800. The minimum absolute atomic E-state index is 0.00381. The molecule has 0 aromatic rings. The lowest BCUT2D eigenvalue weighted by Gasteiger charge is -2.34. The highest BCUT2D eigenvalue weighted by atomic mass is 16.5. The molecule has 7 nitrogen and oxygen atoms in total. The van der Waals surface area contributed by atoms with Gasteiger partial charge in [0.05, 0.1) is 40.3 Å². The van der Waals surface area contributed by atoms with Gasteiger partial charge >= 0.3 is 5.97 Å². The molecular formula is C30H55NO6. The SMILES string of the molecule is CCCCC/C=C/C/C=C/CCCCCCCCCC(=O)OCC(O)COCCC(C(=O)[O-])[N+](C)(C)C. The van der Waals surface area contributed by atoms with Crippen molar-refractivity contribution in [3.63, 3.8) is 0 Å². The number of quaternary nitrogens is 1.